The highest BCUT2D eigenvalue weighted by Gasteiger charge is 2.40. The molecule has 0 aromatic carbocycles. The van der Waals surface area contributed by atoms with Crippen LogP contribution in [-0.2, 0) is 0 Å². The van der Waals surface area contributed by atoms with E-state index in [0.29, 0.717) is 0 Å². The minimum Gasteiger partial charge on any atom is -0.0845 e. The normalized spacial score (nSPS) is 47.9. The maximum absolute atomic E-state index is 2.65. The van der Waals surface area contributed by atoms with Gasteiger partial charge in [-0.2, -0.15) is 0 Å². The summed E-state index contributed by atoms with van der Waals surface area (Å²) >= 11 is 0. The van der Waals surface area contributed by atoms with Crippen molar-refractivity contribution in [3.8, 4) is 0 Å². The third kappa shape index (κ3) is 1.75. The van der Waals surface area contributed by atoms with E-state index in [0.717, 1.165) is 29.6 Å². The van der Waals surface area contributed by atoms with E-state index in [4.69, 9.17) is 0 Å². The monoisotopic (exact) mass is 218 g/mol. The van der Waals surface area contributed by atoms with Crippen LogP contribution in [0.5, 0.6) is 0 Å². The number of allylic oxidation sites excluding steroid dienone is 2. The molecular formula is C16H26. The van der Waals surface area contributed by atoms with Crippen LogP contribution in [0.4, 0.5) is 0 Å². The van der Waals surface area contributed by atoms with Crippen LogP contribution in [0.2, 0.25) is 0 Å². The van der Waals surface area contributed by atoms with Gasteiger partial charge in [0.25, 0.3) is 0 Å². The van der Waals surface area contributed by atoms with Crippen LogP contribution in [-0.4, -0.2) is 0 Å². The Bertz CT molecular complexity index is 288. The average molecular weight is 218 g/mol. The molecule has 0 aromatic heterocycles. The maximum Gasteiger partial charge on any atom is -0.0170 e. The summed E-state index contributed by atoms with van der Waals surface area (Å²) in [5.41, 5.74) is 1.90. The molecule has 0 radical (unpaired) electrons. The largest absolute Gasteiger partial charge is 0.0845 e. The van der Waals surface area contributed by atoms with Crippen molar-refractivity contribution in [1.29, 1.82) is 0 Å². The molecule has 16 heavy (non-hydrogen) atoms. The molecule has 0 heterocycles. The van der Waals surface area contributed by atoms with Gasteiger partial charge < -0.3 is 0 Å². The van der Waals surface area contributed by atoms with Crippen LogP contribution in [0.15, 0.2) is 11.6 Å². The zero-order valence-electron chi connectivity index (χ0n) is 10.9. The van der Waals surface area contributed by atoms with Crippen molar-refractivity contribution in [2.75, 3.05) is 0 Å². The second-order valence-corrected chi connectivity index (χ2v) is 6.73. The Balaban J connectivity index is 1.83. The first-order chi connectivity index (χ1) is 7.75. The Hall–Kier alpha value is -0.260. The second kappa shape index (κ2) is 4.20. The van der Waals surface area contributed by atoms with Gasteiger partial charge in [0, 0.05) is 0 Å². The predicted molar refractivity (Wildman–Crippen MR) is 69.2 cm³/mol. The molecule has 0 amide bonds. The van der Waals surface area contributed by atoms with Gasteiger partial charge in [0.2, 0.25) is 0 Å². The van der Waals surface area contributed by atoms with E-state index in [-0.39, 0.29) is 0 Å². The van der Waals surface area contributed by atoms with Crippen LogP contribution in [0.25, 0.3) is 0 Å². The fourth-order valence-corrected chi connectivity index (χ4v) is 4.74. The van der Waals surface area contributed by atoms with Crippen molar-refractivity contribution in [2.45, 2.75) is 58.8 Å². The molecule has 0 N–H and O–H groups in total. The number of hydrogen-bond donors (Lipinski definition) is 0. The topological polar surface area (TPSA) is 0 Å². The lowest BCUT2D eigenvalue weighted by Gasteiger charge is -2.47. The highest BCUT2D eigenvalue weighted by molar-refractivity contribution is 5.19. The van der Waals surface area contributed by atoms with Crippen LogP contribution in [0.1, 0.15) is 58.8 Å². The lowest BCUT2D eigenvalue weighted by Crippen LogP contribution is -2.36. The molecule has 2 fully saturated rings. The fourth-order valence-electron chi connectivity index (χ4n) is 4.74. The average Bonchev–Trinajstić information content (AvgIpc) is 2.28. The van der Waals surface area contributed by atoms with Crippen molar-refractivity contribution in [3.05, 3.63) is 11.6 Å². The molecule has 5 unspecified atom stereocenters. The van der Waals surface area contributed by atoms with Gasteiger partial charge in [0.1, 0.15) is 0 Å². The number of fused-ring (bicyclic) bond motifs is 3. The van der Waals surface area contributed by atoms with E-state index in [9.17, 15) is 0 Å². The summed E-state index contributed by atoms with van der Waals surface area (Å²) in [5.74, 6) is 4.97. The van der Waals surface area contributed by atoms with Crippen molar-refractivity contribution in [1.82, 2.24) is 0 Å². The van der Waals surface area contributed by atoms with Crippen LogP contribution in [0, 0.1) is 29.6 Å². The van der Waals surface area contributed by atoms with Gasteiger partial charge in [-0.05, 0) is 61.7 Å². The third-order valence-electron chi connectivity index (χ3n) is 5.61. The van der Waals surface area contributed by atoms with Crippen molar-refractivity contribution in [3.63, 3.8) is 0 Å². The Morgan fingerprint density at radius 2 is 1.94 bits per heavy atom. The molecule has 3 aliphatic rings. The van der Waals surface area contributed by atoms with Crippen molar-refractivity contribution < 1.29 is 0 Å². The highest BCUT2D eigenvalue weighted by Crippen LogP contribution is 2.51. The Morgan fingerprint density at radius 1 is 1.06 bits per heavy atom. The van der Waals surface area contributed by atoms with E-state index in [2.05, 4.69) is 19.9 Å². The van der Waals surface area contributed by atoms with Gasteiger partial charge in [0.15, 0.2) is 0 Å². The van der Waals surface area contributed by atoms with Gasteiger partial charge in [-0.15, -0.1) is 0 Å². The molecule has 90 valence electrons. The summed E-state index contributed by atoms with van der Waals surface area (Å²) in [6.07, 6.45) is 13.0. The molecule has 0 heteroatoms. The summed E-state index contributed by atoms with van der Waals surface area (Å²) in [6, 6.07) is 0. The van der Waals surface area contributed by atoms with Gasteiger partial charge >= 0.3 is 0 Å². The fraction of sp³-hybridized carbons (Fsp3) is 0.875. The van der Waals surface area contributed by atoms with Crippen LogP contribution < -0.4 is 0 Å². The highest BCUT2D eigenvalue weighted by atomic mass is 14.4. The predicted octanol–water partition coefficient (Wildman–Crippen LogP) is 4.81. The molecule has 0 bridgehead atoms. The zero-order valence-corrected chi connectivity index (χ0v) is 10.9. The minimum atomic E-state index is 0.950. The molecule has 0 saturated heterocycles. The van der Waals surface area contributed by atoms with E-state index in [1.807, 2.05) is 5.57 Å². The molecule has 0 spiro atoms. The van der Waals surface area contributed by atoms with Gasteiger partial charge in [-0.3, -0.25) is 0 Å². The molecule has 0 nitrogen and oxygen atoms in total. The van der Waals surface area contributed by atoms with E-state index in [1.54, 1.807) is 0 Å². The smallest absolute Gasteiger partial charge is 0.0170 e. The first-order valence-electron chi connectivity index (χ1n) is 7.45. The van der Waals surface area contributed by atoms with E-state index in [1.165, 1.54) is 44.9 Å². The number of rotatable bonds is 0. The summed E-state index contributed by atoms with van der Waals surface area (Å²) in [6.45, 7) is 4.94. The van der Waals surface area contributed by atoms with Crippen LogP contribution >= 0.6 is 0 Å². The standard InChI is InChI=1S/C16H26/c1-11-6-8-15-13(10-11)7-9-14-12(2)4-3-5-16(14)15/h8,11-14,16H,3-7,9-10H2,1-2H3. The Morgan fingerprint density at radius 3 is 2.81 bits per heavy atom. The Labute approximate surface area is 101 Å². The van der Waals surface area contributed by atoms with Crippen LogP contribution in [0.3, 0.4) is 0 Å². The molecule has 5 atom stereocenters. The first-order valence-corrected chi connectivity index (χ1v) is 7.45. The molecule has 3 rings (SSSR count). The van der Waals surface area contributed by atoms with Crippen molar-refractivity contribution in [2.24, 2.45) is 29.6 Å². The number of hydrogen-bond acceptors (Lipinski definition) is 0. The summed E-state index contributed by atoms with van der Waals surface area (Å²) in [7, 11) is 0. The lowest BCUT2D eigenvalue weighted by molar-refractivity contribution is 0.122. The Kier molecular flexibility index (Phi) is 2.85. The first kappa shape index (κ1) is 10.9. The maximum atomic E-state index is 2.65. The third-order valence-corrected chi connectivity index (χ3v) is 5.61. The van der Waals surface area contributed by atoms with Gasteiger partial charge in [-0.25, -0.2) is 0 Å². The molecular weight excluding hydrogens is 192 g/mol. The quantitative estimate of drug-likeness (QED) is 0.512. The summed E-state index contributed by atoms with van der Waals surface area (Å²) in [5, 5.41) is 0. The molecule has 3 aliphatic carbocycles. The summed E-state index contributed by atoms with van der Waals surface area (Å²) < 4.78 is 0. The molecule has 2 saturated carbocycles. The van der Waals surface area contributed by atoms with E-state index < -0.39 is 0 Å². The van der Waals surface area contributed by atoms with Crippen molar-refractivity contribution >= 4 is 0 Å². The summed E-state index contributed by atoms with van der Waals surface area (Å²) in [4.78, 5) is 0. The molecule has 0 aromatic rings. The van der Waals surface area contributed by atoms with Gasteiger partial charge in [-0.1, -0.05) is 38.3 Å². The SMILES string of the molecule is CC1CC=C2C(CCC3C(C)CCCC23)C1. The lowest BCUT2D eigenvalue weighted by atomic mass is 9.58. The van der Waals surface area contributed by atoms with E-state index >= 15 is 0 Å². The second-order valence-electron chi connectivity index (χ2n) is 6.73. The minimum absolute atomic E-state index is 0.950. The zero-order chi connectivity index (χ0) is 11.1. The molecule has 0 aliphatic heterocycles. The van der Waals surface area contributed by atoms with Gasteiger partial charge in [0.05, 0.1) is 0 Å².